The fourth-order valence-electron chi connectivity index (χ4n) is 0.368. The molecule has 0 heterocycles. The highest BCUT2D eigenvalue weighted by Gasteiger charge is 2.05. The van der Waals surface area contributed by atoms with Crippen LogP contribution in [-0.2, 0) is 9.90 Å². The molecule has 0 rings (SSSR count). The van der Waals surface area contributed by atoms with Gasteiger partial charge < -0.3 is 5.73 Å². The molecular formula is C5H10NO2. The van der Waals surface area contributed by atoms with Crippen LogP contribution < -0.4 is 5.73 Å². The Labute approximate surface area is 48.5 Å². The minimum atomic E-state index is -1.03. The summed E-state index contributed by atoms with van der Waals surface area (Å²) in [6, 6.07) is 0. The van der Waals surface area contributed by atoms with E-state index in [1.165, 1.54) is 0 Å². The lowest BCUT2D eigenvalue weighted by Gasteiger charge is -1.99. The first kappa shape index (κ1) is 7.43. The average molecular weight is 116 g/mol. The lowest BCUT2D eigenvalue weighted by atomic mass is 10.1. The fourth-order valence-corrected chi connectivity index (χ4v) is 0.368. The van der Waals surface area contributed by atoms with Gasteiger partial charge in [-0.1, -0.05) is 6.92 Å². The topological polar surface area (TPSA) is 63.0 Å². The normalized spacial score (nSPS) is 13.2. The third-order valence-corrected chi connectivity index (χ3v) is 0.917. The average Bonchev–Trinajstić information content (AvgIpc) is 1.65. The molecule has 0 bridgehead atoms. The lowest BCUT2D eigenvalue weighted by Crippen LogP contribution is -2.13. The third kappa shape index (κ3) is 3.61. The maximum atomic E-state index is 9.80. The predicted molar refractivity (Wildman–Crippen MR) is 28.5 cm³/mol. The van der Waals surface area contributed by atoms with Crippen molar-refractivity contribution < 1.29 is 9.90 Å². The first-order valence-corrected chi connectivity index (χ1v) is 2.56. The summed E-state index contributed by atoms with van der Waals surface area (Å²) in [4.78, 5) is 9.80. The Hall–Kier alpha value is -0.570. The van der Waals surface area contributed by atoms with E-state index in [9.17, 15) is 9.90 Å². The molecule has 1 radical (unpaired) electrons. The van der Waals surface area contributed by atoms with Gasteiger partial charge in [0, 0.05) is 0 Å². The van der Waals surface area contributed by atoms with Gasteiger partial charge in [0.1, 0.15) is 0 Å². The predicted octanol–water partition coefficient (Wildman–Crippen LogP) is -0.0716. The number of hydrogen-bond donors (Lipinski definition) is 1. The summed E-state index contributed by atoms with van der Waals surface area (Å²) < 4.78 is 0. The quantitative estimate of drug-likeness (QED) is 0.561. The van der Waals surface area contributed by atoms with E-state index in [1.54, 1.807) is 6.92 Å². The molecule has 0 saturated heterocycles. The zero-order chi connectivity index (χ0) is 6.57. The van der Waals surface area contributed by atoms with Crippen LogP contribution in [0.15, 0.2) is 0 Å². The van der Waals surface area contributed by atoms with Crippen molar-refractivity contribution in [3.05, 3.63) is 0 Å². The van der Waals surface area contributed by atoms with Crippen LogP contribution in [0.5, 0.6) is 0 Å². The molecule has 0 amide bonds. The molecule has 1 unspecified atom stereocenters. The monoisotopic (exact) mass is 116 g/mol. The van der Waals surface area contributed by atoms with Crippen LogP contribution in [-0.4, -0.2) is 12.5 Å². The summed E-state index contributed by atoms with van der Waals surface area (Å²) in [5.41, 5.74) is 5.13. The lowest BCUT2D eigenvalue weighted by molar-refractivity contribution is -0.144. The van der Waals surface area contributed by atoms with Crippen LogP contribution in [0.2, 0.25) is 0 Å². The first-order valence-electron chi connectivity index (χ1n) is 2.56. The zero-order valence-electron chi connectivity index (χ0n) is 4.89. The third-order valence-electron chi connectivity index (χ3n) is 0.917. The van der Waals surface area contributed by atoms with Crippen molar-refractivity contribution in [3.8, 4) is 0 Å². The highest BCUT2D eigenvalue weighted by Crippen LogP contribution is 1.96. The molecule has 3 heteroatoms. The Morgan fingerprint density at radius 1 is 1.75 bits per heavy atom. The van der Waals surface area contributed by atoms with E-state index in [1.807, 2.05) is 0 Å². The van der Waals surface area contributed by atoms with E-state index in [2.05, 4.69) is 0 Å². The van der Waals surface area contributed by atoms with Crippen LogP contribution in [0.3, 0.4) is 0 Å². The van der Waals surface area contributed by atoms with E-state index in [0.29, 0.717) is 6.54 Å². The fraction of sp³-hybridized carbons (Fsp3) is 0.800. The highest BCUT2D eigenvalue weighted by molar-refractivity contribution is 5.66. The second-order valence-electron chi connectivity index (χ2n) is 1.92. The SMILES string of the molecule is CC(CN)CC([O])=O. The molecule has 0 fully saturated rings. The van der Waals surface area contributed by atoms with Crippen LogP contribution in [0.1, 0.15) is 13.3 Å². The van der Waals surface area contributed by atoms with E-state index in [0.717, 1.165) is 0 Å². The van der Waals surface area contributed by atoms with E-state index in [4.69, 9.17) is 5.73 Å². The van der Waals surface area contributed by atoms with Gasteiger partial charge in [-0.3, -0.25) is 0 Å². The molecule has 47 valence electrons. The summed E-state index contributed by atoms with van der Waals surface area (Å²) in [7, 11) is 0. The van der Waals surface area contributed by atoms with Crippen LogP contribution in [0.25, 0.3) is 0 Å². The highest BCUT2D eigenvalue weighted by atomic mass is 16.4. The Morgan fingerprint density at radius 3 is 2.38 bits per heavy atom. The summed E-state index contributed by atoms with van der Waals surface area (Å²) in [6.07, 6.45) is 0.0660. The smallest absolute Gasteiger partial charge is 0.330 e. The summed E-state index contributed by atoms with van der Waals surface area (Å²) >= 11 is 0. The number of hydrogen-bond acceptors (Lipinski definition) is 2. The standard InChI is InChI=1S/C5H10NO2/c1-4(3-6)2-5(7)8/h4H,2-3,6H2,1H3. The molecule has 0 aromatic heterocycles. The minimum Gasteiger partial charge on any atom is -0.330 e. The number of carbonyl (C=O) groups is 1. The van der Waals surface area contributed by atoms with Gasteiger partial charge in [0.2, 0.25) is 0 Å². The summed E-state index contributed by atoms with van der Waals surface area (Å²) in [5, 5.41) is 9.80. The summed E-state index contributed by atoms with van der Waals surface area (Å²) in [5.74, 6) is -0.983. The molecule has 0 aliphatic rings. The molecule has 2 N–H and O–H groups in total. The van der Waals surface area contributed by atoms with Crippen LogP contribution in [0.4, 0.5) is 0 Å². The van der Waals surface area contributed by atoms with Gasteiger partial charge in [-0.2, -0.15) is 0 Å². The maximum absolute atomic E-state index is 9.80. The largest absolute Gasteiger partial charge is 0.355 e. The maximum Gasteiger partial charge on any atom is 0.355 e. The molecular weight excluding hydrogens is 106 g/mol. The Morgan fingerprint density at radius 2 is 2.25 bits per heavy atom. The van der Waals surface area contributed by atoms with Crippen molar-refractivity contribution in [1.82, 2.24) is 0 Å². The van der Waals surface area contributed by atoms with Crippen molar-refractivity contribution >= 4 is 5.97 Å². The van der Waals surface area contributed by atoms with Crippen LogP contribution in [0, 0.1) is 5.92 Å². The van der Waals surface area contributed by atoms with Gasteiger partial charge in [0.25, 0.3) is 0 Å². The molecule has 0 spiro atoms. The van der Waals surface area contributed by atoms with Gasteiger partial charge in [-0.05, 0) is 12.5 Å². The van der Waals surface area contributed by atoms with E-state index in [-0.39, 0.29) is 12.3 Å². The van der Waals surface area contributed by atoms with Crippen molar-refractivity contribution in [2.45, 2.75) is 13.3 Å². The second kappa shape index (κ2) is 3.43. The second-order valence-corrected chi connectivity index (χ2v) is 1.92. The molecule has 1 atom stereocenters. The Kier molecular flexibility index (Phi) is 3.19. The van der Waals surface area contributed by atoms with Gasteiger partial charge in [0.15, 0.2) is 0 Å². The van der Waals surface area contributed by atoms with Crippen molar-refractivity contribution in [1.29, 1.82) is 0 Å². The van der Waals surface area contributed by atoms with E-state index < -0.39 is 5.97 Å². The number of rotatable bonds is 3. The van der Waals surface area contributed by atoms with Crippen molar-refractivity contribution in [3.63, 3.8) is 0 Å². The number of nitrogens with two attached hydrogens (primary N) is 1. The molecule has 0 aromatic rings. The van der Waals surface area contributed by atoms with Gasteiger partial charge in [-0.15, -0.1) is 0 Å². The Balaban J connectivity index is 3.24. The van der Waals surface area contributed by atoms with Crippen molar-refractivity contribution in [2.75, 3.05) is 6.54 Å². The van der Waals surface area contributed by atoms with Crippen LogP contribution >= 0.6 is 0 Å². The Bertz CT molecular complexity index is 82.5. The molecule has 0 aliphatic heterocycles. The van der Waals surface area contributed by atoms with Crippen molar-refractivity contribution in [2.24, 2.45) is 11.7 Å². The van der Waals surface area contributed by atoms with Gasteiger partial charge in [0.05, 0.1) is 6.42 Å². The number of carbonyl (C=O) groups excluding carboxylic acids is 1. The zero-order valence-corrected chi connectivity index (χ0v) is 4.89. The van der Waals surface area contributed by atoms with E-state index >= 15 is 0 Å². The molecule has 0 aromatic carbocycles. The van der Waals surface area contributed by atoms with Gasteiger partial charge >= 0.3 is 5.97 Å². The molecule has 8 heavy (non-hydrogen) atoms. The summed E-state index contributed by atoms with van der Waals surface area (Å²) in [6.45, 7) is 2.18. The van der Waals surface area contributed by atoms with Gasteiger partial charge in [-0.25, -0.2) is 9.90 Å². The molecule has 0 aliphatic carbocycles. The molecule has 0 saturated carbocycles. The minimum absolute atomic E-state index is 0.0417. The first-order chi connectivity index (χ1) is 3.66. The molecule has 3 nitrogen and oxygen atoms in total.